The van der Waals surface area contributed by atoms with Crippen LogP contribution in [0, 0.1) is 11.7 Å². The lowest BCUT2D eigenvalue weighted by atomic mass is 9.89. The van der Waals surface area contributed by atoms with Gasteiger partial charge < -0.3 is 9.84 Å². The monoisotopic (exact) mass is 224 g/mol. The van der Waals surface area contributed by atoms with Crippen molar-refractivity contribution in [3.05, 3.63) is 29.6 Å². The molecule has 0 saturated heterocycles. The first-order valence-corrected chi connectivity index (χ1v) is 5.65. The van der Waals surface area contributed by atoms with Crippen LogP contribution >= 0.6 is 0 Å². The molecule has 0 aromatic heterocycles. The summed E-state index contributed by atoms with van der Waals surface area (Å²) in [5, 5.41) is 9.67. The van der Waals surface area contributed by atoms with Gasteiger partial charge in [0.05, 0.1) is 13.2 Å². The molecular weight excluding hydrogens is 207 g/mol. The van der Waals surface area contributed by atoms with Gasteiger partial charge in [-0.1, -0.05) is 13.0 Å². The molecule has 1 N–H and O–H groups in total. The summed E-state index contributed by atoms with van der Waals surface area (Å²) in [6, 6.07) is 4.95. The number of aliphatic hydroxyl groups is 1. The molecule has 1 saturated carbocycles. The third-order valence-corrected chi connectivity index (χ3v) is 3.62. The highest BCUT2D eigenvalue weighted by molar-refractivity contribution is 5.32. The summed E-state index contributed by atoms with van der Waals surface area (Å²) >= 11 is 0. The van der Waals surface area contributed by atoms with Gasteiger partial charge in [-0.15, -0.1) is 0 Å². The van der Waals surface area contributed by atoms with Gasteiger partial charge in [-0.3, -0.25) is 0 Å². The van der Waals surface area contributed by atoms with Crippen LogP contribution < -0.4 is 4.74 Å². The lowest BCUT2D eigenvalue weighted by molar-refractivity contribution is 0.136. The van der Waals surface area contributed by atoms with Crippen LogP contribution in [-0.4, -0.2) is 18.3 Å². The Morgan fingerprint density at radius 3 is 2.62 bits per heavy atom. The van der Waals surface area contributed by atoms with Gasteiger partial charge in [0.2, 0.25) is 0 Å². The fourth-order valence-corrected chi connectivity index (χ4v) is 2.52. The van der Waals surface area contributed by atoms with Crippen LogP contribution in [0.5, 0.6) is 5.75 Å². The number of halogens is 1. The summed E-state index contributed by atoms with van der Waals surface area (Å²) in [5.41, 5.74) is 0.699. The molecule has 0 bridgehead atoms. The fourth-order valence-electron chi connectivity index (χ4n) is 2.52. The summed E-state index contributed by atoms with van der Waals surface area (Å²) in [7, 11) is 1.52. The molecule has 3 heteroatoms. The van der Waals surface area contributed by atoms with E-state index in [1.807, 2.05) is 6.92 Å². The molecule has 3 unspecified atom stereocenters. The van der Waals surface area contributed by atoms with Gasteiger partial charge in [0.25, 0.3) is 0 Å². The van der Waals surface area contributed by atoms with Crippen molar-refractivity contribution in [1.29, 1.82) is 0 Å². The minimum absolute atomic E-state index is 0.126. The molecule has 16 heavy (non-hydrogen) atoms. The molecule has 0 amide bonds. The lowest BCUT2D eigenvalue weighted by Crippen LogP contribution is -2.14. The van der Waals surface area contributed by atoms with Crippen molar-refractivity contribution in [1.82, 2.24) is 0 Å². The summed E-state index contributed by atoms with van der Waals surface area (Å²) < 4.78 is 18.8. The van der Waals surface area contributed by atoms with Crippen LogP contribution in [0.2, 0.25) is 0 Å². The molecule has 2 nitrogen and oxygen atoms in total. The topological polar surface area (TPSA) is 29.5 Å². The van der Waals surface area contributed by atoms with E-state index in [1.165, 1.54) is 13.2 Å². The molecule has 0 radical (unpaired) electrons. The molecule has 0 spiro atoms. The predicted molar refractivity (Wildman–Crippen MR) is 60.1 cm³/mol. The molecule has 1 aromatic carbocycles. The van der Waals surface area contributed by atoms with Crippen molar-refractivity contribution in [3.63, 3.8) is 0 Å². The number of hydrogen-bond donors (Lipinski definition) is 1. The smallest absolute Gasteiger partial charge is 0.130 e. The van der Waals surface area contributed by atoms with Crippen LogP contribution in [0.15, 0.2) is 18.2 Å². The Kier molecular flexibility index (Phi) is 3.15. The Hall–Kier alpha value is -1.09. The Balaban J connectivity index is 2.27. The van der Waals surface area contributed by atoms with Crippen LogP contribution in [0.3, 0.4) is 0 Å². The Bertz CT molecular complexity index is 378. The Morgan fingerprint density at radius 2 is 2.12 bits per heavy atom. The van der Waals surface area contributed by atoms with Crippen molar-refractivity contribution in [2.24, 2.45) is 5.92 Å². The zero-order valence-corrected chi connectivity index (χ0v) is 9.61. The number of aliphatic hydroxyl groups excluding tert-OH is 1. The number of benzene rings is 1. The summed E-state index contributed by atoms with van der Waals surface area (Å²) in [6.07, 6.45) is 1.31. The lowest BCUT2D eigenvalue weighted by Gasteiger charge is -2.18. The maximum atomic E-state index is 13.8. The average molecular weight is 224 g/mol. The van der Waals surface area contributed by atoms with E-state index in [2.05, 4.69) is 0 Å². The van der Waals surface area contributed by atoms with Gasteiger partial charge in [0.1, 0.15) is 11.6 Å². The highest BCUT2D eigenvalue weighted by atomic mass is 19.1. The van der Waals surface area contributed by atoms with E-state index in [0.29, 0.717) is 11.3 Å². The minimum Gasteiger partial charge on any atom is -0.497 e. The van der Waals surface area contributed by atoms with Crippen LogP contribution in [-0.2, 0) is 0 Å². The summed E-state index contributed by atoms with van der Waals surface area (Å²) in [5.74, 6) is 0.557. The number of ether oxygens (including phenoxy) is 1. The van der Waals surface area contributed by atoms with Crippen molar-refractivity contribution < 1.29 is 14.2 Å². The SMILES string of the molecule is COc1ccc(C2CCC(O)C2C)c(F)c1. The van der Waals surface area contributed by atoms with Crippen molar-refractivity contribution in [2.45, 2.75) is 31.8 Å². The van der Waals surface area contributed by atoms with Gasteiger partial charge in [-0.25, -0.2) is 4.39 Å². The van der Waals surface area contributed by atoms with Gasteiger partial charge >= 0.3 is 0 Å². The highest BCUT2D eigenvalue weighted by Crippen LogP contribution is 2.40. The third-order valence-electron chi connectivity index (χ3n) is 3.62. The average Bonchev–Trinajstić information content (AvgIpc) is 2.60. The fraction of sp³-hybridized carbons (Fsp3) is 0.538. The third kappa shape index (κ3) is 1.92. The Morgan fingerprint density at radius 1 is 1.38 bits per heavy atom. The molecule has 1 aliphatic rings. The van der Waals surface area contributed by atoms with E-state index < -0.39 is 0 Å². The first kappa shape index (κ1) is 11.4. The molecule has 1 fully saturated rings. The zero-order chi connectivity index (χ0) is 11.7. The highest BCUT2D eigenvalue weighted by Gasteiger charge is 2.33. The predicted octanol–water partition coefficient (Wildman–Crippen LogP) is 2.71. The molecule has 88 valence electrons. The van der Waals surface area contributed by atoms with Crippen LogP contribution in [0.1, 0.15) is 31.2 Å². The minimum atomic E-state index is -0.300. The molecule has 3 atom stereocenters. The number of rotatable bonds is 2. The van der Waals surface area contributed by atoms with Gasteiger partial charge in [0.15, 0.2) is 0 Å². The summed E-state index contributed by atoms with van der Waals surface area (Å²) in [6.45, 7) is 1.98. The second-order valence-electron chi connectivity index (χ2n) is 4.50. The quantitative estimate of drug-likeness (QED) is 0.837. The maximum Gasteiger partial charge on any atom is 0.130 e. The normalized spacial score (nSPS) is 29.4. The van der Waals surface area contributed by atoms with E-state index in [0.717, 1.165) is 12.8 Å². The first-order valence-electron chi connectivity index (χ1n) is 5.65. The first-order chi connectivity index (χ1) is 7.63. The number of methoxy groups -OCH3 is 1. The van der Waals surface area contributed by atoms with Crippen molar-refractivity contribution in [3.8, 4) is 5.75 Å². The van der Waals surface area contributed by atoms with E-state index in [9.17, 15) is 9.50 Å². The standard InChI is InChI=1S/C13H17FO2/c1-8-10(5-6-13(8)15)11-4-3-9(16-2)7-12(11)14/h3-4,7-8,10,13,15H,5-6H2,1-2H3. The molecular formula is C13H17FO2. The second kappa shape index (κ2) is 4.42. The van der Waals surface area contributed by atoms with E-state index in [1.54, 1.807) is 12.1 Å². The molecule has 0 aliphatic heterocycles. The molecule has 1 aromatic rings. The number of hydrogen-bond acceptors (Lipinski definition) is 2. The van der Waals surface area contributed by atoms with E-state index in [-0.39, 0.29) is 23.8 Å². The van der Waals surface area contributed by atoms with Crippen molar-refractivity contribution >= 4 is 0 Å². The molecule has 2 rings (SSSR count). The van der Waals surface area contributed by atoms with Gasteiger partial charge in [-0.05, 0) is 36.3 Å². The second-order valence-corrected chi connectivity index (χ2v) is 4.50. The Labute approximate surface area is 95.1 Å². The summed E-state index contributed by atoms with van der Waals surface area (Å²) in [4.78, 5) is 0. The largest absolute Gasteiger partial charge is 0.497 e. The van der Waals surface area contributed by atoms with E-state index >= 15 is 0 Å². The zero-order valence-electron chi connectivity index (χ0n) is 9.61. The molecule has 0 heterocycles. The van der Waals surface area contributed by atoms with Crippen LogP contribution in [0.25, 0.3) is 0 Å². The van der Waals surface area contributed by atoms with Gasteiger partial charge in [0, 0.05) is 6.07 Å². The van der Waals surface area contributed by atoms with Crippen LogP contribution in [0.4, 0.5) is 4.39 Å². The van der Waals surface area contributed by atoms with Gasteiger partial charge in [-0.2, -0.15) is 0 Å². The molecule has 1 aliphatic carbocycles. The maximum absolute atomic E-state index is 13.8. The van der Waals surface area contributed by atoms with E-state index in [4.69, 9.17) is 4.74 Å². The van der Waals surface area contributed by atoms with Crippen molar-refractivity contribution in [2.75, 3.05) is 7.11 Å².